The zero-order valence-corrected chi connectivity index (χ0v) is 19.9. The number of methoxy groups -OCH3 is 1. The van der Waals surface area contributed by atoms with E-state index in [0.717, 1.165) is 24.2 Å². The van der Waals surface area contributed by atoms with Crippen LogP contribution in [-0.4, -0.2) is 36.5 Å². The summed E-state index contributed by atoms with van der Waals surface area (Å²) in [6.45, 7) is 30.5. The van der Waals surface area contributed by atoms with Crippen molar-refractivity contribution in [3.8, 4) is 0 Å². The number of nitrogens with one attached hydrogen (secondary N) is 2. The van der Waals surface area contributed by atoms with E-state index in [1.54, 1.807) is 7.11 Å². The number of hydrogen-bond acceptors (Lipinski definition) is 4. The quantitative estimate of drug-likeness (QED) is 0.447. The average molecular weight is 383 g/mol. The summed E-state index contributed by atoms with van der Waals surface area (Å²) in [5, 5.41) is 6.98. The molecule has 160 valence electrons. The maximum Gasteiger partial charge on any atom is 0.0644 e. The molecule has 0 spiro atoms. The van der Waals surface area contributed by atoms with Crippen LogP contribution in [0, 0.1) is 5.41 Å². The number of allylic oxidation sites excluding steroid dienone is 1. The molecular weight excluding hydrogens is 336 g/mol. The summed E-state index contributed by atoms with van der Waals surface area (Å²) >= 11 is 0. The molecule has 0 rings (SSSR count). The predicted molar refractivity (Wildman–Crippen MR) is 118 cm³/mol. The topological polar surface area (TPSA) is 42.5 Å². The van der Waals surface area contributed by atoms with E-state index in [9.17, 15) is 0 Å². The lowest BCUT2D eigenvalue weighted by Crippen LogP contribution is -2.46. The Morgan fingerprint density at radius 3 is 1.85 bits per heavy atom. The molecule has 0 aromatic rings. The summed E-state index contributed by atoms with van der Waals surface area (Å²) in [7, 11) is 1.75. The number of hydrogen-bond donors (Lipinski definition) is 2. The highest BCUT2D eigenvalue weighted by molar-refractivity contribution is 5.11. The standard InChI is InChI=1S/C23H46N2O2/c1-17(2)27-23(11,12)15-20(5,6)19(4)24-14-18(3)25-21(7,8)16-22(9,10)26-13/h17,24-25H,3-4,14-16H2,1-2,5-13H3. The summed E-state index contributed by atoms with van der Waals surface area (Å²) in [6.07, 6.45) is 1.97. The maximum absolute atomic E-state index is 6.06. The average Bonchev–Trinajstić information content (AvgIpc) is 2.39. The van der Waals surface area contributed by atoms with E-state index in [1.165, 1.54) is 0 Å². The molecule has 27 heavy (non-hydrogen) atoms. The molecule has 0 fully saturated rings. The van der Waals surface area contributed by atoms with Gasteiger partial charge in [-0.2, -0.15) is 0 Å². The van der Waals surface area contributed by atoms with Crippen LogP contribution in [-0.2, 0) is 9.47 Å². The van der Waals surface area contributed by atoms with Gasteiger partial charge in [0.25, 0.3) is 0 Å². The molecular formula is C23H46N2O2. The summed E-state index contributed by atoms with van der Waals surface area (Å²) in [5.74, 6) is 0. The third-order valence-electron chi connectivity index (χ3n) is 4.69. The Morgan fingerprint density at radius 1 is 0.889 bits per heavy atom. The van der Waals surface area contributed by atoms with Gasteiger partial charge in [-0.1, -0.05) is 27.0 Å². The van der Waals surface area contributed by atoms with Crippen LogP contribution in [0.5, 0.6) is 0 Å². The molecule has 0 aliphatic carbocycles. The molecule has 0 saturated heterocycles. The molecule has 0 aromatic heterocycles. The van der Waals surface area contributed by atoms with E-state index in [2.05, 4.69) is 93.0 Å². The van der Waals surface area contributed by atoms with E-state index in [0.29, 0.717) is 6.54 Å². The first-order valence-electron chi connectivity index (χ1n) is 10.0. The zero-order valence-electron chi connectivity index (χ0n) is 19.9. The van der Waals surface area contributed by atoms with Crippen LogP contribution < -0.4 is 10.6 Å². The molecule has 4 heteroatoms. The first-order valence-corrected chi connectivity index (χ1v) is 10.0. The SMILES string of the molecule is C=C(CNC(=C)C(C)(C)CC(C)(C)OC(C)C)NC(C)(C)CC(C)(C)OC. The highest BCUT2D eigenvalue weighted by Crippen LogP contribution is 2.35. The van der Waals surface area contributed by atoms with Crippen molar-refractivity contribution in [2.45, 2.75) is 105 Å². The Bertz CT molecular complexity index is 503. The van der Waals surface area contributed by atoms with Crippen molar-refractivity contribution in [1.29, 1.82) is 0 Å². The van der Waals surface area contributed by atoms with E-state index in [-0.39, 0.29) is 28.3 Å². The molecule has 0 amide bonds. The lowest BCUT2D eigenvalue weighted by atomic mass is 9.79. The van der Waals surface area contributed by atoms with Gasteiger partial charge in [0, 0.05) is 29.5 Å². The van der Waals surface area contributed by atoms with Crippen molar-refractivity contribution in [2.75, 3.05) is 13.7 Å². The van der Waals surface area contributed by atoms with Crippen molar-refractivity contribution in [1.82, 2.24) is 10.6 Å². The van der Waals surface area contributed by atoms with Gasteiger partial charge in [0.05, 0.1) is 23.9 Å². The van der Waals surface area contributed by atoms with Crippen LogP contribution in [0.25, 0.3) is 0 Å². The fourth-order valence-electron chi connectivity index (χ4n) is 4.01. The molecule has 0 aliphatic heterocycles. The third kappa shape index (κ3) is 10.8. The lowest BCUT2D eigenvalue weighted by Gasteiger charge is -2.38. The molecule has 0 atom stereocenters. The van der Waals surface area contributed by atoms with Crippen molar-refractivity contribution in [3.63, 3.8) is 0 Å². The largest absolute Gasteiger partial charge is 0.383 e. The first-order chi connectivity index (χ1) is 11.9. The molecule has 0 radical (unpaired) electrons. The smallest absolute Gasteiger partial charge is 0.0644 e. The van der Waals surface area contributed by atoms with Crippen LogP contribution in [0.4, 0.5) is 0 Å². The lowest BCUT2D eigenvalue weighted by molar-refractivity contribution is -0.0748. The Kier molecular flexibility index (Phi) is 9.12. The van der Waals surface area contributed by atoms with Gasteiger partial charge >= 0.3 is 0 Å². The van der Waals surface area contributed by atoms with Gasteiger partial charge < -0.3 is 20.1 Å². The summed E-state index contributed by atoms with van der Waals surface area (Å²) in [5.41, 5.74) is 1.36. The van der Waals surface area contributed by atoms with Gasteiger partial charge in [-0.25, -0.2) is 0 Å². The van der Waals surface area contributed by atoms with Crippen molar-refractivity contribution in [3.05, 3.63) is 24.6 Å². The number of ether oxygens (including phenoxy) is 2. The minimum Gasteiger partial charge on any atom is -0.383 e. The van der Waals surface area contributed by atoms with Crippen LogP contribution in [0.3, 0.4) is 0 Å². The Hall–Kier alpha value is -1.00. The molecule has 0 bridgehead atoms. The summed E-state index contributed by atoms with van der Waals surface area (Å²) in [6, 6.07) is 0. The van der Waals surface area contributed by atoms with E-state index in [4.69, 9.17) is 9.47 Å². The van der Waals surface area contributed by atoms with E-state index >= 15 is 0 Å². The fourth-order valence-corrected chi connectivity index (χ4v) is 4.01. The number of rotatable bonds is 13. The monoisotopic (exact) mass is 382 g/mol. The van der Waals surface area contributed by atoms with Crippen molar-refractivity contribution >= 4 is 0 Å². The highest BCUT2D eigenvalue weighted by atomic mass is 16.5. The van der Waals surface area contributed by atoms with Crippen LogP contribution in [0.15, 0.2) is 24.6 Å². The van der Waals surface area contributed by atoms with Crippen molar-refractivity contribution < 1.29 is 9.47 Å². The second kappa shape index (κ2) is 9.47. The van der Waals surface area contributed by atoms with Gasteiger partial charge in [0.2, 0.25) is 0 Å². The van der Waals surface area contributed by atoms with Gasteiger partial charge in [-0.05, 0) is 68.2 Å². The summed E-state index contributed by atoms with van der Waals surface area (Å²) in [4.78, 5) is 0. The Morgan fingerprint density at radius 2 is 1.41 bits per heavy atom. The van der Waals surface area contributed by atoms with E-state index in [1.807, 2.05) is 0 Å². The van der Waals surface area contributed by atoms with Gasteiger partial charge in [-0.3, -0.25) is 0 Å². The molecule has 0 unspecified atom stereocenters. The second-order valence-corrected chi connectivity index (χ2v) is 10.6. The predicted octanol–water partition coefficient (Wildman–Crippen LogP) is 5.41. The minimum absolute atomic E-state index is 0.0910. The third-order valence-corrected chi connectivity index (χ3v) is 4.69. The molecule has 0 saturated carbocycles. The van der Waals surface area contributed by atoms with Crippen LogP contribution >= 0.6 is 0 Å². The zero-order chi connectivity index (χ0) is 21.7. The van der Waals surface area contributed by atoms with E-state index < -0.39 is 0 Å². The van der Waals surface area contributed by atoms with Gasteiger partial charge in [0.1, 0.15) is 0 Å². The van der Waals surface area contributed by atoms with Crippen LogP contribution in [0.1, 0.15) is 82.1 Å². The van der Waals surface area contributed by atoms with Gasteiger partial charge in [-0.15, -0.1) is 0 Å². The molecule has 0 heterocycles. The highest BCUT2D eigenvalue weighted by Gasteiger charge is 2.33. The Labute approximate surface area is 169 Å². The normalized spacial score (nSPS) is 13.6. The molecule has 0 aliphatic rings. The molecule has 4 nitrogen and oxygen atoms in total. The van der Waals surface area contributed by atoms with Crippen molar-refractivity contribution in [2.24, 2.45) is 5.41 Å². The minimum atomic E-state index is -0.203. The van der Waals surface area contributed by atoms with Crippen LogP contribution in [0.2, 0.25) is 0 Å². The first kappa shape index (κ1) is 26.0. The Balaban J connectivity index is 4.69. The maximum atomic E-state index is 6.06. The molecule has 2 N–H and O–H groups in total. The second-order valence-electron chi connectivity index (χ2n) is 10.6. The molecule has 0 aromatic carbocycles. The van der Waals surface area contributed by atoms with Gasteiger partial charge in [0.15, 0.2) is 0 Å². The fraction of sp³-hybridized carbons (Fsp3) is 0.826. The summed E-state index contributed by atoms with van der Waals surface area (Å²) < 4.78 is 11.6.